The Morgan fingerprint density at radius 3 is 2.22 bits per heavy atom. The van der Waals surface area contributed by atoms with Gasteiger partial charge in [0, 0.05) is 44.8 Å². The van der Waals surface area contributed by atoms with Gasteiger partial charge in [0.15, 0.2) is 0 Å². The van der Waals surface area contributed by atoms with Crippen molar-refractivity contribution in [1.29, 1.82) is 0 Å². The molecule has 0 unspecified atom stereocenters. The normalized spacial score (nSPS) is 22.3. The predicted octanol–water partition coefficient (Wildman–Crippen LogP) is 3.87. The van der Waals surface area contributed by atoms with E-state index in [1.54, 1.807) is 17.0 Å². The fourth-order valence-electron chi connectivity index (χ4n) is 8.03. The molecule has 0 aromatic heterocycles. The smallest absolute Gasteiger partial charge is 0.312 e. The first-order chi connectivity index (χ1) is 24.4. The van der Waals surface area contributed by atoms with E-state index in [1.165, 1.54) is 0 Å². The minimum Gasteiger partial charge on any atom is -0.508 e. The van der Waals surface area contributed by atoms with Gasteiger partial charge in [-0.3, -0.25) is 24.1 Å². The lowest BCUT2D eigenvalue weighted by Gasteiger charge is -2.46. The number of aromatic hydroxyl groups is 1. The van der Waals surface area contributed by atoms with E-state index in [-0.39, 0.29) is 29.9 Å². The molecule has 4 amide bonds. The number of carbonyl (C=O) groups is 4. The van der Waals surface area contributed by atoms with Crippen LogP contribution in [0.25, 0.3) is 0 Å². The molecular weight excluding hydrogens is 646 g/mol. The topological polar surface area (TPSA) is 123 Å². The minimum atomic E-state index is -0.583. The SMILES string of the molecule is CCOc1ccc(CCN2C(=O)C(=O)N([C@@H](CC(C)C)CN3CCC[C@H]3CN3C(=O)C(=O)NC[C@@H]3Cc3ccc(O)cc3)C[C@@H]2CC(C)C)cc1. The molecule has 0 radical (unpaired) electrons. The molecule has 4 atom stereocenters. The van der Waals surface area contributed by atoms with Crippen LogP contribution in [0.1, 0.15) is 71.4 Å². The summed E-state index contributed by atoms with van der Waals surface area (Å²) < 4.78 is 5.58. The molecule has 278 valence electrons. The van der Waals surface area contributed by atoms with Gasteiger partial charge in [-0.25, -0.2) is 0 Å². The summed E-state index contributed by atoms with van der Waals surface area (Å²) in [6.07, 6.45) is 4.63. The molecule has 3 saturated heterocycles. The maximum Gasteiger partial charge on any atom is 0.312 e. The van der Waals surface area contributed by atoms with Crippen molar-refractivity contribution in [2.75, 3.05) is 45.9 Å². The van der Waals surface area contributed by atoms with E-state index in [9.17, 15) is 24.3 Å². The number of nitrogens with one attached hydrogen (secondary N) is 1. The summed E-state index contributed by atoms with van der Waals surface area (Å²) in [6.45, 7) is 14.4. The quantitative estimate of drug-likeness (QED) is 0.255. The average Bonchev–Trinajstić information content (AvgIpc) is 3.53. The lowest BCUT2D eigenvalue weighted by molar-refractivity contribution is -0.162. The predicted molar refractivity (Wildman–Crippen MR) is 196 cm³/mol. The van der Waals surface area contributed by atoms with Gasteiger partial charge >= 0.3 is 23.6 Å². The summed E-state index contributed by atoms with van der Waals surface area (Å²) in [6, 6.07) is 14.5. The van der Waals surface area contributed by atoms with Crippen LogP contribution >= 0.6 is 0 Å². The Morgan fingerprint density at radius 1 is 0.843 bits per heavy atom. The number of nitrogens with zero attached hydrogens (tertiary/aromatic N) is 4. The van der Waals surface area contributed by atoms with E-state index in [1.807, 2.05) is 53.1 Å². The van der Waals surface area contributed by atoms with Crippen LogP contribution in [0.2, 0.25) is 0 Å². The molecule has 2 aromatic carbocycles. The maximum atomic E-state index is 14.0. The molecular formula is C40H57N5O6. The van der Waals surface area contributed by atoms with Crippen LogP contribution < -0.4 is 10.1 Å². The van der Waals surface area contributed by atoms with Gasteiger partial charge in [0.2, 0.25) is 0 Å². The highest BCUT2D eigenvalue weighted by Crippen LogP contribution is 2.28. The number of likely N-dealkylation sites (tertiary alicyclic amines) is 1. The number of rotatable bonds is 16. The number of hydrogen-bond acceptors (Lipinski definition) is 7. The largest absolute Gasteiger partial charge is 0.508 e. The van der Waals surface area contributed by atoms with Crippen molar-refractivity contribution in [1.82, 2.24) is 24.9 Å². The number of ether oxygens (including phenoxy) is 1. The number of phenols is 1. The molecule has 0 aliphatic carbocycles. The average molecular weight is 704 g/mol. The Hall–Kier alpha value is -4.12. The molecule has 0 spiro atoms. The van der Waals surface area contributed by atoms with Crippen molar-refractivity contribution in [2.24, 2.45) is 11.8 Å². The summed E-state index contributed by atoms with van der Waals surface area (Å²) >= 11 is 0. The second kappa shape index (κ2) is 17.4. The van der Waals surface area contributed by atoms with Gasteiger partial charge in [0.1, 0.15) is 11.5 Å². The zero-order chi connectivity index (χ0) is 36.7. The van der Waals surface area contributed by atoms with E-state index < -0.39 is 23.6 Å². The molecule has 0 bridgehead atoms. The summed E-state index contributed by atoms with van der Waals surface area (Å²) in [5.74, 6) is -0.298. The number of amides is 4. The molecule has 51 heavy (non-hydrogen) atoms. The molecule has 2 aromatic rings. The van der Waals surface area contributed by atoms with Gasteiger partial charge in [0.05, 0.1) is 18.7 Å². The lowest BCUT2D eigenvalue weighted by Crippen LogP contribution is -2.64. The van der Waals surface area contributed by atoms with Crippen LogP contribution in [0.4, 0.5) is 0 Å². The van der Waals surface area contributed by atoms with Gasteiger partial charge in [-0.05, 0) is 99.2 Å². The van der Waals surface area contributed by atoms with E-state index in [2.05, 4.69) is 37.9 Å². The highest BCUT2D eigenvalue weighted by atomic mass is 16.5. The zero-order valence-corrected chi connectivity index (χ0v) is 31.1. The Kier molecular flexibility index (Phi) is 13.0. The summed E-state index contributed by atoms with van der Waals surface area (Å²) in [5.41, 5.74) is 2.07. The summed E-state index contributed by atoms with van der Waals surface area (Å²) in [7, 11) is 0. The van der Waals surface area contributed by atoms with Crippen molar-refractivity contribution < 1.29 is 29.0 Å². The monoisotopic (exact) mass is 703 g/mol. The highest BCUT2D eigenvalue weighted by Gasteiger charge is 2.44. The van der Waals surface area contributed by atoms with Gasteiger partial charge < -0.3 is 29.9 Å². The van der Waals surface area contributed by atoms with Crippen LogP contribution in [0.5, 0.6) is 11.5 Å². The molecule has 3 heterocycles. The van der Waals surface area contributed by atoms with Crippen LogP contribution in [0, 0.1) is 11.8 Å². The summed E-state index contributed by atoms with van der Waals surface area (Å²) in [4.78, 5) is 61.5. The second-order valence-electron chi connectivity index (χ2n) is 15.3. The van der Waals surface area contributed by atoms with Crippen molar-refractivity contribution in [2.45, 2.75) is 97.3 Å². The van der Waals surface area contributed by atoms with E-state index in [4.69, 9.17) is 4.74 Å². The van der Waals surface area contributed by atoms with Crippen molar-refractivity contribution >= 4 is 23.6 Å². The minimum absolute atomic E-state index is 0.0319. The van der Waals surface area contributed by atoms with Crippen LogP contribution in [0.3, 0.4) is 0 Å². The molecule has 11 heteroatoms. The molecule has 0 saturated carbocycles. The van der Waals surface area contributed by atoms with E-state index >= 15 is 0 Å². The van der Waals surface area contributed by atoms with Gasteiger partial charge in [-0.1, -0.05) is 52.0 Å². The third kappa shape index (κ3) is 9.81. The number of benzene rings is 2. The lowest BCUT2D eigenvalue weighted by atomic mass is 9.95. The molecule has 5 rings (SSSR count). The van der Waals surface area contributed by atoms with Crippen molar-refractivity contribution in [3.63, 3.8) is 0 Å². The van der Waals surface area contributed by atoms with Crippen molar-refractivity contribution in [3.8, 4) is 11.5 Å². The molecule has 2 N–H and O–H groups in total. The van der Waals surface area contributed by atoms with Gasteiger partial charge in [-0.15, -0.1) is 0 Å². The Labute approximate surface area is 303 Å². The van der Waals surface area contributed by atoms with E-state index in [0.717, 1.165) is 49.1 Å². The summed E-state index contributed by atoms with van der Waals surface area (Å²) in [5, 5.41) is 12.5. The first kappa shape index (κ1) is 38.1. The first-order valence-corrected chi connectivity index (χ1v) is 18.9. The molecule has 3 aliphatic heterocycles. The third-order valence-electron chi connectivity index (χ3n) is 10.5. The number of phenolic OH excluding ortho intramolecular Hbond substituents is 1. The standard InChI is InChI=1S/C40H57N5O6/c1-6-51-36-15-11-29(12-16-36)17-19-43-34(21-28(4)5)26-45(40(50)39(43)49)33(20-27(2)3)24-42-18-7-8-31(42)25-44-32(23-41-37(47)38(44)48)22-30-9-13-35(46)14-10-30/h9-16,27-28,31-34,46H,6-8,17-26H2,1-5H3,(H,41,47)/t31-,32-,33-,34-/m0/s1. The molecule has 3 fully saturated rings. The first-order valence-electron chi connectivity index (χ1n) is 18.9. The maximum absolute atomic E-state index is 14.0. The van der Waals surface area contributed by atoms with Crippen molar-refractivity contribution in [3.05, 3.63) is 59.7 Å². The van der Waals surface area contributed by atoms with E-state index in [0.29, 0.717) is 64.0 Å². The van der Waals surface area contributed by atoms with Crippen LogP contribution in [-0.2, 0) is 32.0 Å². The zero-order valence-electron chi connectivity index (χ0n) is 31.1. The Morgan fingerprint density at radius 2 is 1.55 bits per heavy atom. The number of carbonyl (C=O) groups excluding carboxylic acids is 4. The fraction of sp³-hybridized carbons (Fsp3) is 0.600. The number of piperazine rings is 2. The van der Waals surface area contributed by atoms with Gasteiger partial charge in [0.25, 0.3) is 0 Å². The molecule has 3 aliphatic rings. The highest BCUT2D eigenvalue weighted by molar-refractivity contribution is 6.36. The van der Waals surface area contributed by atoms with Gasteiger partial charge in [-0.2, -0.15) is 0 Å². The Balaban J connectivity index is 1.30. The van der Waals surface area contributed by atoms with Crippen LogP contribution in [-0.4, -0.2) is 118 Å². The second-order valence-corrected chi connectivity index (χ2v) is 15.3. The number of hydrogen-bond donors (Lipinski definition) is 2. The third-order valence-corrected chi connectivity index (χ3v) is 10.5. The Bertz CT molecular complexity index is 1500. The fourth-order valence-corrected chi connectivity index (χ4v) is 8.03. The van der Waals surface area contributed by atoms with Crippen LogP contribution in [0.15, 0.2) is 48.5 Å². The molecule has 11 nitrogen and oxygen atoms in total.